The van der Waals surface area contributed by atoms with Crippen LogP contribution in [0.15, 0.2) is 47.9 Å². The summed E-state index contributed by atoms with van der Waals surface area (Å²) in [6.45, 7) is 5.07. The second-order valence-electron chi connectivity index (χ2n) is 5.51. The van der Waals surface area contributed by atoms with Crippen LogP contribution in [0, 0.1) is 0 Å². The van der Waals surface area contributed by atoms with E-state index >= 15 is 0 Å². The van der Waals surface area contributed by atoms with Crippen LogP contribution in [0.3, 0.4) is 0 Å². The summed E-state index contributed by atoms with van der Waals surface area (Å²) in [4.78, 5) is 36.3. The van der Waals surface area contributed by atoms with Crippen molar-refractivity contribution in [3.05, 3.63) is 53.4 Å². The molecule has 0 aliphatic carbocycles. The molecule has 1 amide bonds. The molecule has 2 aromatic rings. The summed E-state index contributed by atoms with van der Waals surface area (Å²) in [5.41, 5.74) is 1.80. The summed E-state index contributed by atoms with van der Waals surface area (Å²) in [5, 5.41) is 4.80. The number of thiophene rings is 1. The molecule has 1 heterocycles. The number of hydrogen-bond donors (Lipinski definition) is 1. The van der Waals surface area contributed by atoms with Gasteiger partial charge in [-0.25, -0.2) is 9.59 Å². The van der Waals surface area contributed by atoms with Gasteiger partial charge in [0.05, 0.1) is 6.61 Å². The van der Waals surface area contributed by atoms with E-state index in [0.717, 1.165) is 5.56 Å². The number of anilines is 1. The SMILES string of the molecule is C/C=C/C(=O)OC(C)C(=O)Nc1scc(-c2ccccc2)c1C(=O)OCC. The van der Waals surface area contributed by atoms with Crippen molar-refractivity contribution in [2.45, 2.75) is 26.9 Å². The molecule has 2 rings (SSSR count). The number of nitrogens with one attached hydrogen (secondary N) is 1. The maximum Gasteiger partial charge on any atom is 0.341 e. The molecule has 1 atom stereocenters. The Labute approximate surface area is 161 Å². The van der Waals surface area contributed by atoms with E-state index in [4.69, 9.17) is 9.47 Å². The number of hydrogen-bond acceptors (Lipinski definition) is 6. The van der Waals surface area contributed by atoms with E-state index in [1.165, 1.54) is 30.4 Å². The van der Waals surface area contributed by atoms with Crippen LogP contribution in [-0.4, -0.2) is 30.6 Å². The van der Waals surface area contributed by atoms with E-state index in [0.29, 0.717) is 10.6 Å². The monoisotopic (exact) mass is 387 g/mol. The van der Waals surface area contributed by atoms with Gasteiger partial charge in [0.1, 0.15) is 10.6 Å². The number of carbonyl (C=O) groups is 3. The minimum absolute atomic E-state index is 0.216. The van der Waals surface area contributed by atoms with Gasteiger partial charge in [-0.1, -0.05) is 36.4 Å². The van der Waals surface area contributed by atoms with Gasteiger partial charge in [0.25, 0.3) is 5.91 Å². The topological polar surface area (TPSA) is 81.7 Å². The molecule has 1 aromatic heterocycles. The molecule has 0 aliphatic heterocycles. The Bertz CT molecular complexity index is 841. The number of rotatable bonds is 7. The van der Waals surface area contributed by atoms with Gasteiger partial charge in [0.15, 0.2) is 6.10 Å². The first-order valence-electron chi connectivity index (χ1n) is 8.46. The molecule has 0 aliphatic rings. The van der Waals surface area contributed by atoms with Crippen molar-refractivity contribution in [2.24, 2.45) is 0 Å². The van der Waals surface area contributed by atoms with Gasteiger partial charge in [0.2, 0.25) is 0 Å². The van der Waals surface area contributed by atoms with E-state index in [2.05, 4.69) is 5.32 Å². The lowest BCUT2D eigenvalue weighted by Gasteiger charge is -2.13. The number of ether oxygens (including phenoxy) is 2. The van der Waals surface area contributed by atoms with Crippen LogP contribution >= 0.6 is 11.3 Å². The molecule has 6 nitrogen and oxygen atoms in total. The Balaban J connectivity index is 2.28. The largest absolute Gasteiger partial charge is 0.462 e. The fourth-order valence-electron chi connectivity index (χ4n) is 2.30. The Kier molecular flexibility index (Phi) is 7.31. The summed E-state index contributed by atoms with van der Waals surface area (Å²) >= 11 is 1.21. The van der Waals surface area contributed by atoms with Crippen LogP contribution in [0.1, 0.15) is 31.1 Å². The zero-order chi connectivity index (χ0) is 19.8. The minimum Gasteiger partial charge on any atom is -0.462 e. The first-order chi connectivity index (χ1) is 13.0. The van der Waals surface area contributed by atoms with E-state index < -0.39 is 23.9 Å². The Morgan fingerprint density at radius 1 is 1.22 bits per heavy atom. The Morgan fingerprint density at radius 2 is 1.93 bits per heavy atom. The molecule has 1 unspecified atom stereocenters. The lowest BCUT2D eigenvalue weighted by Crippen LogP contribution is -2.29. The van der Waals surface area contributed by atoms with Gasteiger partial charge in [-0.3, -0.25) is 4.79 Å². The molecule has 1 N–H and O–H groups in total. The van der Waals surface area contributed by atoms with Gasteiger partial charge >= 0.3 is 11.9 Å². The quantitative estimate of drug-likeness (QED) is 0.573. The highest BCUT2D eigenvalue weighted by molar-refractivity contribution is 7.15. The lowest BCUT2D eigenvalue weighted by atomic mass is 10.0. The molecular weight excluding hydrogens is 366 g/mol. The molecule has 0 radical (unpaired) electrons. The molecule has 0 bridgehead atoms. The molecule has 0 spiro atoms. The van der Waals surface area contributed by atoms with Crippen molar-refractivity contribution in [1.29, 1.82) is 0 Å². The fourth-order valence-corrected chi connectivity index (χ4v) is 3.26. The number of benzene rings is 1. The highest BCUT2D eigenvalue weighted by Gasteiger charge is 2.25. The highest BCUT2D eigenvalue weighted by Crippen LogP contribution is 2.36. The average molecular weight is 387 g/mol. The van der Waals surface area contributed by atoms with Crippen molar-refractivity contribution in [1.82, 2.24) is 0 Å². The third kappa shape index (κ3) is 5.27. The van der Waals surface area contributed by atoms with Crippen LogP contribution < -0.4 is 5.32 Å². The van der Waals surface area contributed by atoms with E-state index in [1.807, 2.05) is 30.3 Å². The van der Waals surface area contributed by atoms with Crippen molar-refractivity contribution in [3.8, 4) is 11.1 Å². The summed E-state index contributed by atoms with van der Waals surface area (Å²) in [5.74, 6) is -1.66. The molecule has 0 saturated heterocycles. The molecule has 27 heavy (non-hydrogen) atoms. The van der Waals surface area contributed by atoms with Gasteiger partial charge in [-0.05, 0) is 26.3 Å². The van der Waals surface area contributed by atoms with Crippen molar-refractivity contribution in [2.75, 3.05) is 11.9 Å². The van der Waals surface area contributed by atoms with E-state index in [1.54, 1.807) is 19.2 Å². The van der Waals surface area contributed by atoms with Crippen molar-refractivity contribution < 1.29 is 23.9 Å². The van der Waals surface area contributed by atoms with Crippen LogP contribution in [-0.2, 0) is 19.1 Å². The van der Waals surface area contributed by atoms with Crippen LogP contribution in [0.5, 0.6) is 0 Å². The molecule has 142 valence electrons. The number of allylic oxidation sites excluding steroid dienone is 1. The maximum atomic E-state index is 12.5. The van der Waals surface area contributed by atoms with Crippen molar-refractivity contribution in [3.63, 3.8) is 0 Å². The molecular formula is C20H21NO5S. The van der Waals surface area contributed by atoms with E-state index in [9.17, 15) is 14.4 Å². The van der Waals surface area contributed by atoms with Crippen LogP contribution in [0.25, 0.3) is 11.1 Å². The highest BCUT2D eigenvalue weighted by atomic mass is 32.1. The van der Waals surface area contributed by atoms with Gasteiger partial charge < -0.3 is 14.8 Å². The molecule has 0 fully saturated rings. The zero-order valence-corrected chi connectivity index (χ0v) is 16.2. The number of amides is 1. The number of carbonyl (C=O) groups excluding carboxylic acids is 3. The first kappa shape index (κ1) is 20.4. The second kappa shape index (κ2) is 9.68. The predicted octanol–water partition coefficient (Wildman–Crippen LogP) is 4.04. The number of esters is 2. The van der Waals surface area contributed by atoms with Gasteiger partial charge in [0, 0.05) is 17.0 Å². The molecule has 0 saturated carbocycles. The fraction of sp³-hybridized carbons (Fsp3) is 0.250. The third-order valence-electron chi connectivity index (χ3n) is 3.56. The maximum absolute atomic E-state index is 12.5. The van der Waals surface area contributed by atoms with Crippen molar-refractivity contribution >= 4 is 34.2 Å². The Morgan fingerprint density at radius 3 is 2.56 bits per heavy atom. The summed E-state index contributed by atoms with van der Waals surface area (Å²) in [6, 6.07) is 9.35. The summed E-state index contributed by atoms with van der Waals surface area (Å²) < 4.78 is 10.2. The third-order valence-corrected chi connectivity index (χ3v) is 4.45. The zero-order valence-electron chi connectivity index (χ0n) is 15.4. The lowest BCUT2D eigenvalue weighted by molar-refractivity contribution is -0.148. The molecule has 7 heteroatoms. The van der Waals surface area contributed by atoms with E-state index in [-0.39, 0.29) is 12.2 Å². The average Bonchev–Trinajstić information content (AvgIpc) is 3.06. The predicted molar refractivity (Wildman–Crippen MR) is 105 cm³/mol. The summed E-state index contributed by atoms with van der Waals surface area (Å²) in [6.07, 6.45) is 1.75. The minimum atomic E-state index is -1.01. The Hall–Kier alpha value is -2.93. The standard InChI is InChI=1S/C20H21NO5S/c1-4-9-16(22)26-13(3)18(23)21-19-17(20(24)25-5-2)15(12-27-19)14-10-7-6-8-11-14/h4,6-13H,5H2,1-3H3,(H,21,23)/b9-4+. The molecule has 1 aromatic carbocycles. The van der Waals surface area contributed by atoms with Gasteiger partial charge in [-0.15, -0.1) is 11.3 Å². The van der Waals surface area contributed by atoms with Crippen LogP contribution in [0.4, 0.5) is 5.00 Å². The summed E-state index contributed by atoms with van der Waals surface area (Å²) in [7, 11) is 0. The smallest absolute Gasteiger partial charge is 0.341 e. The second-order valence-corrected chi connectivity index (χ2v) is 6.39. The normalized spacial score (nSPS) is 11.8. The van der Waals surface area contributed by atoms with Crippen LogP contribution in [0.2, 0.25) is 0 Å². The first-order valence-corrected chi connectivity index (χ1v) is 9.34. The van der Waals surface area contributed by atoms with Gasteiger partial charge in [-0.2, -0.15) is 0 Å².